The van der Waals surface area contributed by atoms with Gasteiger partial charge in [-0.05, 0) is 24.3 Å². The second-order valence-corrected chi connectivity index (χ2v) is 8.34. The molecule has 3 N–H and O–H groups in total. The molecule has 0 aromatic carbocycles. The lowest BCUT2D eigenvalue weighted by Crippen LogP contribution is -2.43. The topological polar surface area (TPSA) is 94.0 Å². The maximum Gasteiger partial charge on any atom is 0.346 e. The molecule has 0 amide bonds. The molecule has 164 valence electrons. The highest BCUT2D eigenvalue weighted by Crippen LogP contribution is 2.29. The molecule has 11 heteroatoms. The van der Waals surface area contributed by atoms with Gasteiger partial charge in [-0.3, -0.25) is 4.57 Å². The van der Waals surface area contributed by atoms with E-state index in [-0.39, 0.29) is 18.7 Å². The summed E-state index contributed by atoms with van der Waals surface area (Å²) >= 11 is 1.55. The van der Waals surface area contributed by atoms with Gasteiger partial charge < -0.3 is 16.0 Å². The summed E-state index contributed by atoms with van der Waals surface area (Å²) in [5, 5.41) is 7.26. The van der Waals surface area contributed by atoms with Crippen molar-refractivity contribution < 1.29 is 8.78 Å². The number of pyridine rings is 1. The second-order valence-electron chi connectivity index (χ2n) is 7.18. The Morgan fingerprint density at radius 3 is 2.68 bits per heavy atom. The average molecular weight is 448 g/mol. The normalized spacial score (nSPS) is 14.1. The molecule has 0 bridgehead atoms. The number of piperazine rings is 1. The van der Waals surface area contributed by atoms with Crippen molar-refractivity contribution in [2.45, 2.75) is 13.1 Å². The van der Waals surface area contributed by atoms with Crippen LogP contribution >= 0.6 is 11.3 Å². The zero-order valence-corrected chi connectivity index (χ0v) is 17.6. The molecule has 0 atom stereocenters. The van der Waals surface area contributed by atoms with Crippen LogP contribution in [0.2, 0.25) is 0 Å². The number of anilines is 1. The summed E-state index contributed by atoms with van der Waals surface area (Å²) in [6, 6.07) is 8.02. The van der Waals surface area contributed by atoms with Gasteiger partial charge in [0, 0.05) is 59.8 Å². The van der Waals surface area contributed by atoms with Gasteiger partial charge in [-0.1, -0.05) is 0 Å². The van der Waals surface area contributed by atoms with Crippen molar-refractivity contribution in [1.29, 1.82) is 0 Å². The Labute approximate surface area is 181 Å². The number of rotatable bonds is 7. The standard InChI is InChI=1S/C20H23F2N7OS/c21-19(22)15(9-23)11-29-20(30)28(13-26-29)12-16-2-3-17(31-16)14-1-4-18(25-10-14)27-7-5-24-6-8-27/h1-4,10,13,24H,5-9,11-12,23H2. The average Bonchev–Trinajstić information content (AvgIpc) is 3.40. The first-order valence-electron chi connectivity index (χ1n) is 9.91. The molecule has 0 unspecified atom stereocenters. The van der Waals surface area contributed by atoms with Crippen LogP contribution in [0.4, 0.5) is 14.6 Å². The Kier molecular flexibility index (Phi) is 6.54. The predicted octanol–water partition coefficient (Wildman–Crippen LogP) is 1.74. The van der Waals surface area contributed by atoms with Crippen molar-refractivity contribution >= 4 is 17.2 Å². The van der Waals surface area contributed by atoms with Crippen LogP contribution in [0.3, 0.4) is 0 Å². The van der Waals surface area contributed by atoms with Crippen LogP contribution in [0.1, 0.15) is 4.88 Å². The van der Waals surface area contributed by atoms with Crippen LogP contribution in [-0.4, -0.2) is 52.1 Å². The summed E-state index contributed by atoms with van der Waals surface area (Å²) < 4.78 is 28.0. The van der Waals surface area contributed by atoms with Gasteiger partial charge in [-0.2, -0.15) is 13.9 Å². The lowest BCUT2D eigenvalue weighted by molar-refractivity contribution is 0.400. The van der Waals surface area contributed by atoms with E-state index in [4.69, 9.17) is 5.73 Å². The molecule has 1 aliphatic heterocycles. The number of aromatic nitrogens is 4. The lowest BCUT2D eigenvalue weighted by Gasteiger charge is -2.28. The van der Waals surface area contributed by atoms with Crippen molar-refractivity contribution in [2.75, 3.05) is 37.6 Å². The molecule has 1 aliphatic rings. The Morgan fingerprint density at radius 1 is 1.19 bits per heavy atom. The van der Waals surface area contributed by atoms with Gasteiger partial charge >= 0.3 is 5.69 Å². The molecule has 3 aromatic heterocycles. The second kappa shape index (κ2) is 9.50. The van der Waals surface area contributed by atoms with Crippen LogP contribution in [0.25, 0.3) is 10.4 Å². The first-order valence-corrected chi connectivity index (χ1v) is 10.7. The number of halogens is 2. The molecule has 1 fully saturated rings. The first kappa shape index (κ1) is 21.3. The highest BCUT2D eigenvalue weighted by molar-refractivity contribution is 7.15. The van der Waals surface area contributed by atoms with Gasteiger partial charge in [0.05, 0.1) is 13.1 Å². The molecule has 4 heterocycles. The maximum absolute atomic E-state index is 12.8. The quantitative estimate of drug-likeness (QED) is 0.573. The van der Waals surface area contributed by atoms with Crippen molar-refractivity contribution in [1.82, 2.24) is 24.6 Å². The highest BCUT2D eigenvalue weighted by atomic mass is 32.1. The fraction of sp³-hybridized carbons (Fsp3) is 0.350. The van der Waals surface area contributed by atoms with Crippen LogP contribution < -0.4 is 21.6 Å². The van der Waals surface area contributed by atoms with Gasteiger partial charge in [0.25, 0.3) is 6.08 Å². The van der Waals surface area contributed by atoms with E-state index in [1.807, 2.05) is 24.4 Å². The molecule has 0 radical (unpaired) electrons. The molecule has 8 nitrogen and oxygen atoms in total. The summed E-state index contributed by atoms with van der Waals surface area (Å²) in [6.07, 6.45) is 1.35. The van der Waals surface area contributed by atoms with Crippen molar-refractivity contribution in [2.24, 2.45) is 5.73 Å². The number of nitrogens with one attached hydrogen (secondary N) is 1. The number of nitrogens with zero attached hydrogens (tertiary/aromatic N) is 5. The van der Waals surface area contributed by atoms with Crippen molar-refractivity contribution in [3.05, 3.63) is 63.8 Å². The summed E-state index contributed by atoms with van der Waals surface area (Å²) in [4.78, 5) is 21.3. The molecular formula is C20H23F2N7OS. The van der Waals surface area contributed by atoms with Gasteiger partial charge in [-0.25, -0.2) is 14.5 Å². The zero-order chi connectivity index (χ0) is 21.8. The minimum absolute atomic E-state index is 0.303. The minimum Gasteiger partial charge on any atom is -0.354 e. The van der Waals surface area contributed by atoms with E-state index < -0.39 is 11.8 Å². The van der Waals surface area contributed by atoms with E-state index >= 15 is 0 Å². The fourth-order valence-corrected chi connectivity index (χ4v) is 4.37. The summed E-state index contributed by atoms with van der Waals surface area (Å²) in [6.45, 7) is 3.48. The SMILES string of the molecule is NCC(Cn1ncn(Cc2ccc(-c3ccc(N4CCNCC4)nc3)s2)c1=O)=C(F)F. The number of nitrogens with two attached hydrogens (primary N) is 1. The monoisotopic (exact) mass is 447 g/mol. The molecule has 0 saturated carbocycles. The molecule has 0 spiro atoms. The third-order valence-electron chi connectivity index (χ3n) is 5.11. The smallest absolute Gasteiger partial charge is 0.346 e. The lowest BCUT2D eigenvalue weighted by atomic mass is 10.2. The van der Waals surface area contributed by atoms with Crippen molar-refractivity contribution in [3.63, 3.8) is 0 Å². The molecule has 31 heavy (non-hydrogen) atoms. The number of hydrogen-bond acceptors (Lipinski definition) is 7. The largest absolute Gasteiger partial charge is 0.354 e. The number of thiophene rings is 1. The summed E-state index contributed by atoms with van der Waals surface area (Å²) in [5.74, 6) is 0.969. The molecule has 4 rings (SSSR count). The minimum atomic E-state index is -1.87. The third kappa shape index (κ3) is 4.89. The van der Waals surface area contributed by atoms with E-state index in [2.05, 4.69) is 26.4 Å². The number of hydrogen-bond donors (Lipinski definition) is 2. The zero-order valence-electron chi connectivity index (χ0n) is 16.8. The maximum atomic E-state index is 12.8. The van der Waals surface area contributed by atoms with Crippen LogP contribution in [-0.2, 0) is 13.1 Å². The van der Waals surface area contributed by atoms with Crippen molar-refractivity contribution in [3.8, 4) is 10.4 Å². The van der Waals surface area contributed by atoms with E-state index in [0.717, 1.165) is 52.0 Å². The van der Waals surface area contributed by atoms with Crippen LogP contribution in [0, 0.1) is 0 Å². The fourth-order valence-electron chi connectivity index (χ4n) is 3.37. The third-order valence-corrected chi connectivity index (χ3v) is 6.23. The summed E-state index contributed by atoms with van der Waals surface area (Å²) in [5.41, 5.74) is 5.57. The molecule has 1 saturated heterocycles. The van der Waals surface area contributed by atoms with Crippen LogP contribution in [0.15, 0.2) is 53.2 Å². The Hall–Kier alpha value is -2.89. The van der Waals surface area contributed by atoms with Gasteiger partial charge in [0.2, 0.25) is 0 Å². The van der Waals surface area contributed by atoms with Gasteiger partial charge in [0.15, 0.2) is 0 Å². The predicted molar refractivity (Wildman–Crippen MR) is 117 cm³/mol. The van der Waals surface area contributed by atoms with Gasteiger partial charge in [0.1, 0.15) is 12.1 Å². The summed E-state index contributed by atoms with van der Waals surface area (Å²) in [7, 11) is 0. The van der Waals surface area contributed by atoms with E-state index in [0.29, 0.717) is 6.54 Å². The Balaban J connectivity index is 1.45. The van der Waals surface area contributed by atoms with E-state index in [1.54, 1.807) is 11.3 Å². The molecule has 0 aliphatic carbocycles. The Morgan fingerprint density at radius 2 is 2.00 bits per heavy atom. The first-order chi connectivity index (χ1) is 15.0. The van der Waals surface area contributed by atoms with Crippen LogP contribution in [0.5, 0.6) is 0 Å². The molecular weight excluding hydrogens is 424 g/mol. The highest BCUT2D eigenvalue weighted by Gasteiger charge is 2.14. The van der Waals surface area contributed by atoms with E-state index in [1.165, 1.54) is 10.9 Å². The van der Waals surface area contributed by atoms with Gasteiger partial charge in [-0.15, -0.1) is 11.3 Å². The van der Waals surface area contributed by atoms with E-state index in [9.17, 15) is 13.6 Å². The molecule has 3 aromatic rings. The Bertz CT molecular complexity index is 1110.